The van der Waals surface area contributed by atoms with Gasteiger partial charge in [-0.2, -0.15) is 0 Å². The van der Waals surface area contributed by atoms with E-state index in [1.54, 1.807) is 0 Å². The van der Waals surface area contributed by atoms with Crippen molar-refractivity contribution in [2.75, 3.05) is 0 Å². The highest BCUT2D eigenvalue weighted by molar-refractivity contribution is 7.99. The average Bonchev–Trinajstić information content (AvgIpc) is 2.87. The highest BCUT2D eigenvalue weighted by Gasteiger charge is 2.09. The van der Waals surface area contributed by atoms with Gasteiger partial charge < -0.3 is 9.52 Å². The molecule has 3 aromatic rings. The largest absolute Gasteiger partial charge is 0.478 e. The zero-order valence-electron chi connectivity index (χ0n) is 9.87. The molecule has 0 aliphatic carbocycles. The van der Waals surface area contributed by atoms with Gasteiger partial charge in [0.15, 0.2) is 5.09 Å². The lowest BCUT2D eigenvalue weighted by molar-refractivity contribution is 0.0696. The minimum Gasteiger partial charge on any atom is -0.478 e. The van der Waals surface area contributed by atoms with Gasteiger partial charge in [0.1, 0.15) is 6.26 Å². The highest BCUT2D eigenvalue weighted by Crippen LogP contribution is 2.31. The zero-order valence-corrected chi connectivity index (χ0v) is 10.7. The second kappa shape index (κ2) is 4.82. The van der Waals surface area contributed by atoms with E-state index in [1.807, 2.05) is 30.3 Å². The Balaban J connectivity index is 1.89. The Morgan fingerprint density at radius 1 is 1.05 bits per heavy atom. The molecule has 4 heteroatoms. The van der Waals surface area contributed by atoms with Crippen molar-refractivity contribution in [3.8, 4) is 0 Å². The molecule has 0 amide bonds. The first-order chi connectivity index (χ1) is 9.22. The van der Waals surface area contributed by atoms with Gasteiger partial charge >= 0.3 is 5.97 Å². The lowest BCUT2D eigenvalue weighted by atomic mass is 10.1. The van der Waals surface area contributed by atoms with Gasteiger partial charge in [0.2, 0.25) is 0 Å². The lowest BCUT2D eigenvalue weighted by Crippen LogP contribution is -1.91. The molecule has 0 radical (unpaired) electrons. The first-order valence-corrected chi connectivity index (χ1v) is 6.52. The van der Waals surface area contributed by atoms with Crippen LogP contribution in [0.3, 0.4) is 0 Å². The SMILES string of the molecule is O=C(O)c1coc(Sc2ccc3ccccc3c2)c1. The summed E-state index contributed by atoms with van der Waals surface area (Å²) in [4.78, 5) is 11.8. The molecule has 19 heavy (non-hydrogen) atoms. The van der Waals surface area contributed by atoms with Crippen LogP contribution < -0.4 is 0 Å². The monoisotopic (exact) mass is 270 g/mol. The van der Waals surface area contributed by atoms with Gasteiger partial charge in [-0.1, -0.05) is 42.1 Å². The van der Waals surface area contributed by atoms with Crippen molar-refractivity contribution in [1.29, 1.82) is 0 Å². The summed E-state index contributed by atoms with van der Waals surface area (Å²) in [6.45, 7) is 0. The third-order valence-corrected chi connectivity index (χ3v) is 3.67. The van der Waals surface area contributed by atoms with Crippen LogP contribution in [-0.2, 0) is 0 Å². The molecule has 0 fully saturated rings. The summed E-state index contributed by atoms with van der Waals surface area (Å²) in [5, 5.41) is 11.7. The molecular formula is C15H10O3S. The number of benzene rings is 2. The maximum absolute atomic E-state index is 10.8. The number of carbonyl (C=O) groups is 1. The second-order valence-electron chi connectivity index (χ2n) is 4.07. The number of rotatable bonds is 3. The Labute approximate surface area is 113 Å². The molecule has 0 aliphatic heterocycles. The van der Waals surface area contributed by atoms with Gasteiger partial charge in [0, 0.05) is 11.0 Å². The molecule has 94 valence electrons. The van der Waals surface area contributed by atoms with Gasteiger partial charge in [-0.15, -0.1) is 0 Å². The fourth-order valence-electron chi connectivity index (χ4n) is 1.83. The fraction of sp³-hybridized carbons (Fsp3) is 0. The van der Waals surface area contributed by atoms with E-state index in [1.165, 1.54) is 29.5 Å². The third kappa shape index (κ3) is 2.48. The van der Waals surface area contributed by atoms with E-state index in [4.69, 9.17) is 9.52 Å². The molecular weight excluding hydrogens is 260 g/mol. The minimum absolute atomic E-state index is 0.170. The highest BCUT2D eigenvalue weighted by atomic mass is 32.2. The summed E-state index contributed by atoms with van der Waals surface area (Å²) in [5.74, 6) is -0.978. The van der Waals surface area contributed by atoms with Crippen molar-refractivity contribution in [2.45, 2.75) is 9.99 Å². The van der Waals surface area contributed by atoms with Crippen molar-refractivity contribution >= 4 is 28.5 Å². The van der Waals surface area contributed by atoms with Crippen LogP contribution in [-0.4, -0.2) is 11.1 Å². The summed E-state index contributed by atoms with van der Waals surface area (Å²) in [6, 6.07) is 15.7. The van der Waals surface area contributed by atoms with Crippen LogP contribution in [0.25, 0.3) is 10.8 Å². The smallest absolute Gasteiger partial charge is 0.339 e. The molecule has 0 saturated heterocycles. The Morgan fingerprint density at radius 3 is 2.58 bits per heavy atom. The predicted molar refractivity (Wildman–Crippen MR) is 73.7 cm³/mol. The van der Waals surface area contributed by atoms with Crippen LogP contribution in [0.15, 0.2) is 69.2 Å². The van der Waals surface area contributed by atoms with Crippen LogP contribution in [0.1, 0.15) is 10.4 Å². The number of carboxylic acids is 1. The lowest BCUT2D eigenvalue weighted by Gasteiger charge is -2.01. The van der Waals surface area contributed by atoms with Gasteiger partial charge in [0.25, 0.3) is 0 Å². The minimum atomic E-state index is -0.978. The quantitative estimate of drug-likeness (QED) is 0.771. The van der Waals surface area contributed by atoms with Crippen LogP contribution in [0.2, 0.25) is 0 Å². The Hall–Kier alpha value is -2.20. The van der Waals surface area contributed by atoms with E-state index in [-0.39, 0.29) is 5.56 Å². The molecule has 3 rings (SSSR count). The summed E-state index contributed by atoms with van der Waals surface area (Å²) in [6.07, 6.45) is 1.26. The van der Waals surface area contributed by atoms with E-state index in [9.17, 15) is 4.79 Å². The van der Waals surface area contributed by atoms with Gasteiger partial charge in [-0.25, -0.2) is 4.79 Å². The van der Waals surface area contributed by atoms with Gasteiger partial charge in [0.05, 0.1) is 5.56 Å². The summed E-state index contributed by atoms with van der Waals surface area (Å²) in [5.41, 5.74) is 0.170. The predicted octanol–water partition coefficient (Wildman–Crippen LogP) is 4.28. The van der Waals surface area contributed by atoms with E-state index >= 15 is 0 Å². The van der Waals surface area contributed by atoms with E-state index in [0.717, 1.165) is 10.3 Å². The maximum atomic E-state index is 10.8. The summed E-state index contributed by atoms with van der Waals surface area (Å²) >= 11 is 1.41. The molecule has 2 aromatic carbocycles. The molecule has 0 atom stereocenters. The average molecular weight is 270 g/mol. The number of furan rings is 1. The van der Waals surface area contributed by atoms with Crippen molar-refractivity contribution in [3.05, 3.63) is 60.4 Å². The van der Waals surface area contributed by atoms with Crippen LogP contribution in [0.5, 0.6) is 0 Å². The standard InChI is InChI=1S/C15H10O3S/c16-15(17)12-8-14(18-9-12)19-13-6-5-10-3-1-2-4-11(10)7-13/h1-9H,(H,16,17). The topological polar surface area (TPSA) is 50.4 Å². The zero-order chi connectivity index (χ0) is 13.2. The third-order valence-electron chi connectivity index (χ3n) is 2.76. The van der Waals surface area contributed by atoms with Crippen molar-refractivity contribution in [2.24, 2.45) is 0 Å². The number of fused-ring (bicyclic) bond motifs is 1. The number of hydrogen-bond acceptors (Lipinski definition) is 3. The second-order valence-corrected chi connectivity index (χ2v) is 5.15. The Bertz CT molecular complexity index is 746. The molecule has 0 aliphatic rings. The van der Waals surface area contributed by atoms with Crippen LogP contribution >= 0.6 is 11.8 Å². The molecule has 1 aromatic heterocycles. The van der Waals surface area contributed by atoms with Crippen LogP contribution in [0, 0.1) is 0 Å². The van der Waals surface area contributed by atoms with E-state index < -0.39 is 5.97 Å². The van der Waals surface area contributed by atoms with Gasteiger partial charge in [-0.05, 0) is 22.9 Å². The van der Waals surface area contributed by atoms with E-state index in [0.29, 0.717) is 5.09 Å². The number of aromatic carboxylic acids is 1. The number of carboxylic acid groups (broad SMARTS) is 1. The van der Waals surface area contributed by atoms with Crippen LogP contribution in [0.4, 0.5) is 0 Å². The molecule has 0 spiro atoms. The molecule has 0 bridgehead atoms. The molecule has 3 nitrogen and oxygen atoms in total. The first-order valence-electron chi connectivity index (χ1n) is 5.71. The van der Waals surface area contributed by atoms with Crippen molar-refractivity contribution < 1.29 is 14.3 Å². The van der Waals surface area contributed by atoms with Crippen molar-refractivity contribution in [3.63, 3.8) is 0 Å². The molecule has 1 heterocycles. The summed E-state index contributed by atoms with van der Waals surface area (Å²) in [7, 11) is 0. The fourth-order valence-corrected chi connectivity index (χ4v) is 2.67. The Morgan fingerprint density at radius 2 is 1.84 bits per heavy atom. The normalized spacial score (nSPS) is 10.7. The maximum Gasteiger partial charge on any atom is 0.339 e. The van der Waals surface area contributed by atoms with E-state index in [2.05, 4.69) is 12.1 Å². The summed E-state index contributed by atoms with van der Waals surface area (Å²) < 4.78 is 5.22. The van der Waals surface area contributed by atoms with Gasteiger partial charge in [-0.3, -0.25) is 0 Å². The first kappa shape index (κ1) is 11.9. The van der Waals surface area contributed by atoms with Crippen molar-refractivity contribution in [1.82, 2.24) is 0 Å². The number of hydrogen-bond donors (Lipinski definition) is 1. The molecule has 1 N–H and O–H groups in total. The Kier molecular flexibility index (Phi) is 3.01. The molecule has 0 saturated carbocycles. The molecule has 0 unspecified atom stereocenters.